The lowest BCUT2D eigenvalue weighted by atomic mass is 9.89. The van der Waals surface area contributed by atoms with Crippen LogP contribution >= 0.6 is 0 Å². The molecule has 0 atom stereocenters. The molecule has 1 heterocycles. The monoisotopic (exact) mass is 321 g/mol. The Bertz CT molecular complexity index is 382. The van der Waals surface area contributed by atoms with E-state index in [1.54, 1.807) is 0 Å². The number of hydrogen-bond acceptors (Lipinski definition) is 2. The molecule has 0 radical (unpaired) electrons. The Morgan fingerprint density at radius 1 is 0.783 bits per heavy atom. The third-order valence-corrected chi connectivity index (χ3v) is 4.26. The summed E-state index contributed by atoms with van der Waals surface area (Å²) in [5.41, 5.74) is 2.10. The van der Waals surface area contributed by atoms with Gasteiger partial charge in [-0.25, -0.2) is 0 Å². The van der Waals surface area contributed by atoms with Gasteiger partial charge in [-0.1, -0.05) is 72.4 Å². The Balaban J connectivity index is 2.10. The lowest BCUT2D eigenvalue weighted by Gasteiger charge is -2.17. The normalized spacial score (nSPS) is 12.8. The van der Waals surface area contributed by atoms with E-state index in [2.05, 4.69) is 58.1 Å². The molecule has 0 N–H and O–H groups in total. The van der Waals surface area contributed by atoms with Crippen LogP contribution in [0.5, 0.6) is 0 Å². The highest BCUT2D eigenvalue weighted by atomic mass is 15.4. The van der Waals surface area contributed by atoms with Crippen molar-refractivity contribution in [3.05, 3.63) is 11.9 Å². The SMILES string of the molecule is CC(C)(C)CCCCCc1cn(CCCCCC(C)(C)C)nn1. The number of nitrogens with zero attached hydrogens (tertiary/aromatic N) is 3. The van der Waals surface area contributed by atoms with E-state index in [1.807, 2.05) is 4.68 Å². The first kappa shape index (κ1) is 20.2. The highest BCUT2D eigenvalue weighted by Gasteiger charge is 2.10. The summed E-state index contributed by atoms with van der Waals surface area (Å²) in [6, 6.07) is 0. The second kappa shape index (κ2) is 9.44. The highest BCUT2D eigenvalue weighted by Crippen LogP contribution is 2.23. The number of aromatic nitrogens is 3. The molecule has 0 unspecified atom stereocenters. The quantitative estimate of drug-likeness (QED) is 0.492. The Labute approximate surface area is 144 Å². The molecule has 0 saturated heterocycles. The summed E-state index contributed by atoms with van der Waals surface area (Å²) < 4.78 is 2.03. The van der Waals surface area contributed by atoms with E-state index in [-0.39, 0.29) is 0 Å². The van der Waals surface area contributed by atoms with Gasteiger partial charge in [0.15, 0.2) is 0 Å². The van der Waals surface area contributed by atoms with Crippen LogP contribution in [0.4, 0.5) is 0 Å². The minimum Gasteiger partial charge on any atom is -0.252 e. The van der Waals surface area contributed by atoms with E-state index in [1.165, 1.54) is 51.4 Å². The van der Waals surface area contributed by atoms with Crippen molar-refractivity contribution in [3.8, 4) is 0 Å². The fraction of sp³-hybridized carbons (Fsp3) is 0.900. The number of unbranched alkanes of at least 4 members (excludes halogenated alkanes) is 4. The van der Waals surface area contributed by atoms with E-state index in [0.29, 0.717) is 10.8 Å². The topological polar surface area (TPSA) is 30.7 Å². The molecule has 1 rings (SSSR count). The molecule has 134 valence electrons. The molecule has 0 aliphatic rings. The fourth-order valence-corrected chi connectivity index (χ4v) is 2.81. The molecule has 0 aliphatic carbocycles. The minimum absolute atomic E-state index is 0.466. The van der Waals surface area contributed by atoms with Crippen LogP contribution in [0.2, 0.25) is 0 Å². The van der Waals surface area contributed by atoms with Gasteiger partial charge in [-0.05, 0) is 42.9 Å². The summed E-state index contributed by atoms with van der Waals surface area (Å²) in [6.07, 6.45) is 13.5. The van der Waals surface area contributed by atoms with Gasteiger partial charge in [-0.3, -0.25) is 4.68 Å². The van der Waals surface area contributed by atoms with Crippen LogP contribution in [0.1, 0.15) is 98.6 Å². The Morgan fingerprint density at radius 3 is 1.91 bits per heavy atom. The maximum absolute atomic E-state index is 4.31. The smallest absolute Gasteiger partial charge is 0.0827 e. The van der Waals surface area contributed by atoms with Gasteiger partial charge in [0.05, 0.1) is 5.69 Å². The van der Waals surface area contributed by atoms with Gasteiger partial charge < -0.3 is 0 Å². The summed E-state index contributed by atoms with van der Waals surface area (Å²) in [7, 11) is 0. The Morgan fingerprint density at radius 2 is 1.35 bits per heavy atom. The lowest BCUT2D eigenvalue weighted by molar-refractivity contribution is 0.354. The van der Waals surface area contributed by atoms with E-state index in [4.69, 9.17) is 0 Å². The van der Waals surface area contributed by atoms with Crippen LogP contribution in [0, 0.1) is 10.8 Å². The van der Waals surface area contributed by atoms with Crippen molar-refractivity contribution in [2.24, 2.45) is 10.8 Å². The van der Waals surface area contributed by atoms with Crippen molar-refractivity contribution in [2.75, 3.05) is 0 Å². The summed E-state index contributed by atoms with van der Waals surface area (Å²) in [5.74, 6) is 0. The summed E-state index contributed by atoms with van der Waals surface area (Å²) in [4.78, 5) is 0. The van der Waals surface area contributed by atoms with Crippen LogP contribution in [0.3, 0.4) is 0 Å². The lowest BCUT2D eigenvalue weighted by Crippen LogP contribution is -2.05. The first-order valence-corrected chi connectivity index (χ1v) is 9.55. The van der Waals surface area contributed by atoms with Crippen LogP contribution < -0.4 is 0 Å². The third kappa shape index (κ3) is 11.3. The van der Waals surface area contributed by atoms with E-state index in [0.717, 1.165) is 18.7 Å². The molecular formula is C20H39N3. The first-order valence-electron chi connectivity index (χ1n) is 9.55. The molecule has 0 bridgehead atoms. The van der Waals surface area contributed by atoms with E-state index in [9.17, 15) is 0 Å². The minimum atomic E-state index is 0.466. The zero-order valence-corrected chi connectivity index (χ0v) is 16.5. The second-order valence-electron chi connectivity index (χ2n) is 9.47. The molecule has 0 saturated carbocycles. The maximum Gasteiger partial charge on any atom is 0.0827 e. The van der Waals surface area contributed by atoms with Crippen LogP contribution in [0.25, 0.3) is 0 Å². The molecular weight excluding hydrogens is 282 g/mol. The molecule has 3 heteroatoms. The third-order valence-electron chi connectivity index (χ3n) is 4.26. The Hall–Kier alpha value is -0.860. The van der Waals surface area contributed by atoms with Gasteiger partial charge in [0, 0.05) is 12.7 Å². The average Bonchev–Trinajstić information content (AvgIpc) is 2.83. The molecule has 0 amide bonds. The van der Waals surface area contributed by atoms with Gasteiger partial charge in [0.1, 0.15) is 0 Å². The molecule has 0 aliphatic heterocycles. The highest BCUT2D eigenvalue weighted by molar-refractivity contribution is 4.92. The molecule has 0 fully saturated rings. The van der Waals surface area contributed by atoms with Crippen molar-refractivity contribution in [3.63, 3.8) is 0 Å². The second-order valence-corrected chi connectivity index (χ2v) is 9.47. The summed E-state index contributed by atoms with van der Waals surface area (Å²) in [6.45, 7) is 14.9. The predicted octanol–water partition coefficient (Wildman–Crippen LogP) is 6.03. The van der Waals surface area contributed by atoms with Gasteiger partial charge in [0.2, 0.25) is 0 Å². The summed E-state index contributed by atoms with van der Waals surface area (Å²) in [5, 5.41) is 8.58. The van der Waals surface area contributed by atoms with Gasteiger partial charge in [-0.15, -0.1) is 5.10 Å². The van der Waals surface area contributed by atoms with Crippen molar-refractivity contribution >= 4 is 0 Å². The van der Waals surface area contributed by atoms with Crippen LogP contribution in [-0.2, 0) is 13.0 Å². The van der Waals surface area contributed by atoms with Crippen molar-refractivity contribution in [1.82, 2.24) is 15.0 Å². The standard InChI is InChI=1S/C20H39N3/c1-19(2,3)14-10-7-9-13-18-17-23(22-21-18)16-12-8-11-15-20(4,5)6/h17H,7-16H2,1-6H3. The van der Waals surface area contributed by atoms with Gasteiger partial charge >= 0.3 is 0 Å². The first-order chi connectivity index (χ1) is 10.7. The van der Waals surface area contributed by atoms with Gasteiger partial charge in [-0.2, -0.15) is 0 Å². The average molecular weight is 322 g/mol. The molecule has 0 aromatic carbocycles. The maximum atomic E-state index is 4.31. The van der Waals surface area contributed by atoms with E-state index < -0.39 is 0 Å². The fourth-order valence-electron chi connectivity index (χ4n) is 2.81. The largest absolute Gasteiger partial charge is 0.252 e. The van der Waals surface area contributed by atoms with Crippen LogP contribution in [0.15, 0.2) is 6.20 Å². The molecule has 3 nitrogen and oxygen atoms in total. The summed E-state index contributed by atoms with van der Waals surface area (Å²) >= 11 is 0. The van der Waals surface area contributed by atoms with E-state index >= 15 is 0 Å². The number of hydrogen-bond donors (Lipinski definition) is 0. The molecule has 1 aromatic heterocycles. The molecule has 0 spiro atoms. The van der Waals surface area contributed by atoms with Gasteiger partial charge in [0.25, 0.3) is 0 Å². The number of rotatable bonds is 10. The van der Waals surface area contributed by atoms with Crippen molar-refractivity contribution in [2.45, 2.75) is 106 Å². The molecule has 23 heavy (non-hydrogen) atoms. The van der Waals surface area contributed by atoms with Crippen molar-refractivity contribution < 1.29 is 0 Å². The zero-order valence-electron chi connectivity index (χ0n) is 16.5. The van der Waals surface area contributed by atoms with Crippen molar-refractivity contribution in [1.29, 1.82) is 0 Å². The van der Waals surface area contributed by atoms with Crippen LogP contribution in [-0.4, -0.2) is 15.0 Å². The molecule has 1 aromatic rings. The predicted molar refractivity (Wildman–Crippen MR) is 99.6 cm³/mol. The zero-order chi connectivity index (χ0) is 17.3. The Kier molecular flexibility index (Phi) is 8.28. The number of aryl methyl sites for hydroxylation is 2.